The Bertz CT molecular complexity index is 393. The normalized spacial score (nSPS) is 9.85. The number of aromatic nitrogens is 1. The van der Waals surface area contributed by atoms with E-state index < -0.39 is 0 Å². The van der Waals surface area contributed by atoms with E-state index in [0.29, 0.717) is 0 Å². The van der Waals surface area contributed by atoms with Crippen LogP contribution in [0.4, 0.5) is 0 Å². The van der Waals surface area contributed by atoms with E-state index in [0.717, 1.165) is 5.69 Å². The standard InChI is InChI=1S/C12H11N/c1-13-10-6-5-9-12(13)11-7-3-2-4-8-11/h2-10H,1H2. The van der Waals surface area contributed by atoms with Gasteiger partial charge in [0.1, 0.15) is 5.69 Å². The van der Waals surface area contributed by atoms with E-state index in [9.17, 15) is 0 Å². The summed E-state index contributed by atoms with van der Waals surface area (Å²) in [6, 6.07) is 16.3. The largest absolute Gasteiger partial charge is 0.333 e. The molecule has 0 saturated heterocycles. The Morgan fingerprint density at radius 3 is 2.23 bits per heavy atom. The van der Waals surface area contributed by atoms with Gasteiger partial charge in [0.05, 0.1) is 6.20 Å². The van der Waals surface area contributed by atoms with Gasteiger partial charge in [0, 0.05) is 7.05 Å². The third kappa shape index (κ3) is 1.54. The van der Waals surface area contributed by atoms with Gasteiger partial charge in [0.15, 0.2) is 0 Å². The molecule has 0 saturated carbocycles. The van der Waals surface area contributed by atoms with E-state index in [1.165, 1.54) is 5.56 Å². The van der Waals surface area contributed by atoms with Gasteiger partial charge in [0.2, 0.25) is 0 Å². The third-order valence-electron chi connectivity index (χ3n) is 2.01. The lowest BCUT2D eigenvalue weighted by atomic mass is 10.1. The first kappa shape index (κ1) is 7.87. The maximum absolute atomic E-state index is 3.91. The van der Waals surface area contributed by atoms with Crippen LogP contribution < -0.4 is 4.57 Å². The SMILES string of the molecule is [CH2-][n+]1ccccc1-c1ccccc1. The number of hydrogen-bond donors (Lipinski definition) is 0. The molecule has 0 atom stereocenters. The molecule has 64 valence electrons. The Kier molecular flexibility index (Phi) is 2.01. The molecule has 0 aliphatic carbocycles. The van der Waals surface area contributed by atoms with E-state index in [4.69, 9.17) is 0 Å². The zero-order valence-electron chi connectivity index (χ0n) is 7.35. The average Bonchev–Trinajstić information content (AvgIpc) is 2.20. The molecule has 0 bridgehead atoms. The molecular weight excluding hydrogens is 158 g/mol. The van der Waals surface area contributed by atoms with Crippen molar-refractivity contribution in [2.75, 3.05) is 0 Å². The first-order valence-corrected chi connectivity index (χ1v) is 4.25. The number of nitrogens with zero attached hydrogens (tertiary/aromatic N) is 1. The van der Waals surface area contributed by atoms with E-state index >= 15 is 0 Å². The second kappa shape index (κ2) is 3.31. The van der Waals surface area contributed by atoms with Crippen molar-refractivity contribution >= 4 is 0 Å². The highest BCUT2D eigenvalue weighted by atomic mass is 14.9. The smallest absolute Gasteiger partial charge is 0.112 e. The van der Waals surface area contributed by atoms with Gasteiger partial charge < -0.3 is 4.57 Å². The summed E-state index contributed by atoms with van der Waals surface area (Å²) in [5.41, 5.74) is 2.32. The van der Waals surface area contributed by atoms with E-state index in [1.807, 2.05) is 41.1 Å². The molecule has 0 spiro atoms. The van der Waals surface area contributed by atoms with Crippen LogP contribution in [0, 0.1) is 7.05 Å². The third-order valence-corrected chi connectivity index (χ3v) is 2.01. The maximum atomic E-state index is 3.91. The summed E-state index contributed by atoms with van der Waals surface area (Å²) in [5.74, 6) is 0. The summed E-state index contributed by atoms with van der Waals surface area (Å²) < 4.78 is 1.87. The monoisotopic (exact) mass is 169 g/mol. The van der Waals surface area contributed by atoms with Crippen molar-refractivity contribution in [2.45, 2.75) is 0 Å². The molecule has 1 nitrogen and oxygen atoms in total. The summed E-state index contributed by atoms with van der Waals surface area (Å²) in [6.07, 6.45) is 1.95. The van der Waals surface area contributed by atoms with Gasteiger partial charge in [-0.2, -0.15) is 0 Å². The molecule has 1 heteroatoms. The Labute approximate surface area is 78.3 Å². The molecule has 0 N–H and O–H groups in total. The van der Waals surface area contributed by atoms with Gasteiger partial charge >= 0.3 is 0 Å². The Balaban J connectivity index is 2.54. The molecule has 0 fully saturated rings. The Morgan fingerprint density at radius 2 is 1.54 bits per heavy atom. The molecule has 0 amide bonds. The lowest BCUT2D eigenvalue weighted by Crippen LogP contribution is -2.27. The highest BCUT2D eigenvalue weighted by Crippen LogP contribution is 2.12. The van der Waals surface area contributed by atoms with Crippen molar-refractivity contribution < 1.29 is 4.57 Å². The predicted octanol–water partition coefficient (Wildman–Crippen LogP) is 2.28. The van der Waals surface area contributed by atoms with Crippen LogP contribution >= 0.6 is 0 Å². The lowest BCUT2D eigenvalue weighted by molar-refractivity contribution is -0.600. The second-order valence-electron chi connectivity index (χ2n) is 2.92. The molecule has 0 aliphatic heterocycles. The van der Waals surface area contributed by atoms with Crippen LogP contribution in [0.2, 0.25) is 0 Å². The zero-order valence-corrected chi connectivity index (χ0v) is 7.35. The highest BCUT2D eigenvalue weighted by molar-refractivity contribution is 5.55. The minimum atomic E-state index is 1.13. The Hall–Kier alpha value is -1.76. The van der Waals surface area contributed by atoms with Crippen LogP contribution in [0.15, 0.2) is 54.7 Å². The zero-order chi connectivity index (χ0) is 9.10. The summed E-state index contributed by atoms with van der Waals surface area (Å²) in [4.78, 5) is 0. The second-order valence-corrected chi connectivity index (χ2v) is 2.92. The van der Waals surface area contributed by atoms with Gasteiger partial charge in [-0.05, 0) is 11.6 Å². The van der Waals surface area contributed by atoms with E-state index in [2.05, 4.69) is 25.2 Å². The van der Waals surface area contributed by atoms with Crippen LogP contribution in [0.3, 0.4) is 0 Å². The van der Waals surface area contributed by atoms with E-state index in [1.54, 1.807) is 0 Å². The van der Waals surface area contributed by atoms with Crippen LogP contribution in [-0.4, -0.2) is 0 Å². The number of pyridine rings is 1. The molecular formula is C12H11N. The fourth-order valence-corrected chi connectivity index (χ4v) is 1.35. The first-order chi connectivity index (χ1) is 6.38. The molecule has 1 heterocycles. The highest BCUT2D eigenvalue weighted by Gasteiger charge is 1.98. The molecule has 2 rings (SSSR count). The maximum Gasteiger partial charge on any atom is 0.112 e. The molecule has 2 aromatic rings. The van der Waals surface area contributed by atoms with Crippen molar-refractivity contribution in [1.82, 2.24) is 0 Å². The summed E-state index contributed by atoms with van der Waals surface area (Å²) in [5, 5.41) is 0. The number of hydrogen-bond acceptors (Lipinski definition) is 0. The van der Waals surface area contributed by atoms with Gasteiger partial charge in [-0.25, -0.2) is 0 Å². The van der Waals surface area contributed by atoms with Crippen molar-refractivity contribution in [3.63, 3.8) is 0 Å². The quantitative estimate of drug-likeness (QED) is 0.455. The van der Waals surface area contributed by atoms with Gasteiger partial charge in [-0.1, -0.05) is 42.5 Å². The van der Waals surface area contributed by atoms with Gasteiger partial charge in [-0.3, -0.25) is 0 Å². The molecule has 0 radical (unpaired) electrons. The molecule has 0 aliphatic rings. The number of benzene rings is 1. The molecule has 0 unspecified atom stereocenters. The van der Waals surface area contributed by atoms with Crippen molar-refractivity contribution in [1.29, 1.82) is 0 Å². The average molecular weight is 169 g/mol. The van der Waals surface area contributed by atoms with Crippen LogP contribution in [0.5, 0.6) is 0 Å². The fraction of sp³-hybridized carbons (Fsp3) is 0. The van der Waals surface area contributed by atoms with Gasteiger partial charge in [-0.15, -0.1) is 0 Å². The molecule has 1 aromatic carbocycles. The van der Waals surface area contributed by atoms with Crippen molar-refractivity contribution in [3.05, 3.63) is 61.8 Å². The topological polar surface area (TPSA) is 3.88 Å². The van der Waals surface area contributed by atoms with Crippen molar-refractivity contribution in [3.8, 4) is 11.3 Å². The van der Waals surface area contributed by atoms with Crippen molar-refractivity contribution in [2.24, 2.45) is 0 Å². The lowest BCUT2D eigenvalue weighted by Gasteiger charge is -2.05. The number of rotatable bonds is 1. The summed E-state index contributed by atoms with van der Waals surface area (Å²) in [6.45, 7) is 0. The van der Waals surface area contributed by atoms with Crippen LogP contribution in [-0.2, 0) is 0 Å². The molecule has 13 heavy (non-hydrogen) atoms. The van der Waals surface area contributed by atoms with Gasteiger partial charge in [0.25, 0.3) is 0 Å². The minimum Gasteiger partial charge on any atom is -0.333 e. The van der Waals surface area contributed by atoms with Crippen LogP contribution in [0.25, 0.3) is 11.3 Å². The minimum absolute atomic E-state index is 1.13. The predicted molar refractivity (Wildman–Crippen MR) is 52.8 cm³/mol. The van der Waals surface area contributed by atoms with Crippen LogP contribution in [0.1, 0.15) is 0 Å². The Morgan fingerprint density at radius 1 is 0.846 bits per heavy atom. The van der Waals surface area contributed by atoms with E-state index in [-0.39, 0.29) is 0 Å². The summed E-state index contributed by atoms with van der Waals surface area (Å²) >= 11 is 0. The first-order valence-electron chi connectivity index (χ1n) is 4.25. The fourth-order valence-electron chi connectivity index (χ4n) is 1.35. The summed E-state index contributed by atoms with van der Waals surface area (Å²) in [7, 11) is 3.91. The molecule has 1 aromatic heterocycles.